The number of nitrogens with zero attached hydrogens (tertiary/aromatic N) is 3. The van der Waals surface area contributed by atoms with Crippen molar-refractivity contribution >= 4 is 5.96 Å². The lowest BCUT2D eigenvalue weighted by Gasteiger charge is -2.30. The van der Waals surface area contributed by atoms with Crippen molar-refractivity contribution in [2.75, 3.05) is 53.0 Å². The van der Waals surface area contributed by atoms with Gasteiger partial charge in [-0.05, 0) is 54.0 Å². The van der Waals surface area contributed by atoms with Crippen molar-refractivity contribution in [2.24, 2.45) is 4.99 Å². The van der Waals surface area contributed by atoms with E-state index in [-0.39, 0.29) is 0 Å². The van der Waals surface area contributed by atoms with E-state index in [0.29, 0.717) is 18.1 Å². The highest BCUT2D eigenvalue weighted by atomic mass is 16.5. The van der Waals surface area contributed by atoms with Gasteiger partial charge in [0.2, 0.25) is 0 Å². The third-order valence-electron chi connectivity index (χ3n) is 4.88. The second-order valence-electron chi connectivity index (χ2n) is 7.40. The molecule has 6 heteroatoms. The zero-order valence-electron chi connectivity index (χ0n) is 17.3. The van der Waals surface area contributed by atoms with Gasteiger partial charge in [0, 0.05) is 51.4 Å². The molecule has 6 nitrogen and oxygen atoms in total. The number of methoxy groups -OCH3 is 1. The number of aliphatic imine (C=N–C) groups is 1. The Morgan fingerprint density at radius 1 is 1.24 bits per heavy atom. The van der Waals surface area contributed by atoms with Crippen molar-refractivity contribution in [2.45, 2.75) is 65.6 Å². The van der Waals surface area contributed by atoms with Crippen LogP contribution in [0.5, 0.6) is 0 Å². The fourth-order valence-electron chi connectivity index (χ4n) is 3.56. The van der Waals surface area contributed by atoms with Crippen molar-refractivity contribution in [3.8, 4) is 0 Å². The number of rotatable bonds is 11. The SMILES string of the molecule is CCNC(=NCC1CCCN1CCOC)NCCN(C(C)C)C(C)C. The molecular weight excluding hydrogens is 314 g/mol. The van der Waals surface area contributed by atoms with Gasteiger partial charge >= 0.3 is 0 Å². The van der Waals surface area contributed by atoms with Crippen LogP contribution in [0.1, 0.15) is 47.5 Å². The predicted octanol–water partition coefficient (Wildman–Crippen LogP) is 1.77. The highest BCUT2D eigenvalue weighted by molar-refractivity contribution is 5.79. The molecule has 0 spiro atoms. The summed E-state index contributed by atoms with van der Waals surface area (Å²) in [5.41, 5.74) is 0. The maximum Gasteiger partial charge on any atom is 0.191 e. The van der Waals surface area contributed by atoms with Gasteiger partial charge in [-0.2, -0.15) is 0 Å². The van der Waals surface area contributed by atoms with Gasteiger partial charge in [-0.1, -0.05) is 0 Å². The van der Waals surface area contributed by atoms with Crippen molar-refractivity contribution in [1.29, 1.82) is 0 Å². The normalized spacial score (nSPS) is 19.4. The molecule has 1 aliphatic heterocycles. The lowest BCUT2D eigenvalue weighted by molar-refractivity contribution is 0.142. The molecule has 1 saturated heterocycles. The monoisotopic (exact) mass is 355 g/mol. The van der Waals surface area contributed by atoms with Crippen LogP contribution in [-0.2, 0) is 4.74 Å². The first-order chi connectivity index (χ1) is 12.0. The van der Waals surface area contributed by atoms with E-state index in [1.54, 1.807) is 7.11 Å². The van der Waals surface area contributed by atoms with Gasteiger partial charge in [0.1, 0.15) is 0 Å². The molecule has 1 unspecified atom stereocenters. The van der Waals surface area contributed by atoms with Crippen LogP contribution in [0.3, 0.4) is 0 Å². The molecule has 0 saturated carbocycles. The molecule has 0 amide bonds. The second kappa shape index (κ2) is 12.5. The number of nitrogens with one attached hydrogen (secondary N) is 2. The highest BCUT2D eigenvalue weighted by Gasteiger charge is 2.23. The van der Waals surface area contributed by atoms with Crippen LogP contribution in [0, 0.1) is 0 Å². The first-order valence-electron chi connectivity index (χ1n) is 10.0. The second-order valence-corrected chi connectivity index (χ2v) is 7.40. The van der Waals surface area contributed by atoms with Crippen LogP contribution in [0.2, 0.25) is 0 Å². The minimum Gasteiger partial charge on any atom is -0.383 e. The van der Waals surface area contributed by atoms with Crippen LogP contribution in [0.4, 0.5) is 0 Å². The molecule has 1 heterocycles. The predicted molar refractivity (Wildman–Crippen MR) is 107 cm³/mol. The quantitative estimate of drug-likeness (QED) is 0.437. The molecule has 2 N–H and O–H groups in total. The molecule has 1 atom stereocenters. The van der Waals surface area contributed by atoms with E-state index in [1.807, 2.05) is 0 Å². The first kappa shape index (κ1) is 22.2. The summed E-state index contributed by atoms with van der Waals surface area (Å²) in [7, 11) is 1.77. The Morgan fingerprint density at radius 3 is 2.56 bits per heavy atom. The summed E-state index contributed by atoms with van der Waals surface area (Å²) in [6, 6.07) is 1.68. The maximum absolute atomic E-state index is 5.22. The average molecular weight is 356 g/mol. The summed E-state index contributed by atoms with van der Waals surface area (Å²) in [4.78, 5) is 9.84. The molecule has 0 aliphatic carbocycles. The Bertz CT molecular complexity index is 365. The smallest absolute Gasteiger partial charge is 0.191 e. The van der Waals surface area contributed by atoms with Gasteiger partial charge in [-0.25, -0.2) is 0 Å². The van der Waals surface area contributed by atoms with E-state index in [2.05, 4.69) is 55.1 Å². The molecule has 148 valence electrons. The topological polar surface area (TPSA) is 52.1 Å². The highest BCUT2D eigenvalue weighted by Crippen LogP contribution is 2.16. The summed E-state index contributed by atoms with van der Waals surface area (Å²) in [5, 5.41) is 6.87. The Balaban J connectivity index is 2.47. The van der Waals surface area contributed by atoms with Gasteiger partial charge in [0.15, 0.2) is 5.96 Å². The molecule has 1 rings (SSSR count). The largest absolute Gasteiger partial charge is 0.383 e. The molecule has 0 aromatic rings. The van der Waals surface area contributed by atoms with E-state index in [0.717, 1.165) is 45.3 Å². The Hall–Kier alpha value is -0.850. The third-order valence-corrected chi connectivity index (χ3v) is 4.88. The van der Waals surface area contributed by atoms with Crippen molar-refractivity contribution in [3.63, 3.8) is 0 Å². The summed E-state index contributed by atoms with van der Waals surface area (Å²) in [6.07, 6.45) is 2.51. The van der Waals surface area contributed by atoms with Gasteiger partial charge < -0.3 is 15.4 Å². The molecule has 0 bridgehead atoms. The lowest BCUT2D eigenvalue weighted by atomic mass is 10.2. The molecule has 1 fully saturated rings. The van der Waals surface area contributed by atoms with Crippen LogP contribution in [0.25, 0.3) is 0 Å². The van der Waals surface area contributed by atoms with Crippen LogP contribution in [0.15, 0.2) is 4.99 Å². The number of guanidine groups is 1. The van der Waals surface area contributed by atoms with E-state index < -0.39 is 0 Å². The fourth-order valence-corrected chi connectivity index (χ4v) is 3.56. The Kier molecular flexibility index (Phi) is 11.1. The molecule has 1 aliphatic rings. The van der Waals surface area contributed by atoms with Crippen molar-refractivity contribution in [3.05, 3.63) is 0 Å². The molecule has 0 aromatic heterocycles. The van der Waals surface area contributed by atoms with Gasteiger partial charge in [-0.15, -0.1) is 0 Å². The fraction of sp³-hybridized carbons (Fsp3) is 0.947. The van der Waals surface area contributed by atoms with E-state index in [9.17, 15) is 0 Å². The number of hydrogen-bond donors (Lipinski definition) is 2. The van der Waals surface area contributed by atoms with Crippen molar-refractivity contribution < 1.29 is 4.74 Å². The number of ether oxygens (including phenoxy) is 1. The summed E-state index contributed by atoms with van der Waals surface area (Å²) in [6.45, 7) is 17.8. The maximum atomic E-state index is 5.22. The third kappa shape index (κ3) is 8.38. The molecule has 25 heavy (non-hydrogen) atoms. The molecule has 0 radical (unpaired) electrons. The standard InChI is InChI=1S/C19H41N5O/c1-7-20-19(21-10-12-24(16(2)3)17(4)5)22-15-18-9-8-11-23(18)13-14-25-6/h16-18H,7-15H2,1-6H3,(H2,20,21,22). The Morgan fingerprint density at radius 2 is 1.96 bits per heavy atom. The minimum absolute atomic E-state index is 0.549. The summed E-state index contributed by atoms with van der Waals surface area (Å²) < 4.78 is 5.22. The van der Waals surface area contributed by atoms with Gasteiger partial charge in [-0.3, -0.25) is 14.8 Å². The lowest BCUT2D eigenvalue weighted by Crippen LogP contribution is -2.45. The zero-order valence-corrected chi connectivity index (χ0v) is 17.3. The van der Waals surface area contributed by atoms with Gasteiger partial charge in [0.05, 0.1) is 13.2 Å². The molecule has 0 aromatic carbocycles. The minimum atomic E-state index is 0.549. The summed E-state index contributed by atoms with van der Waals surface area (Å²) >= 11 is 0. The van der Waals surface area contributed by atoms with Crippen LogP contribution < -0.4 is 10.6 Å². The number of likely N-dealkylation sites (tertiary alicyclic amines) is 1. The van der Waals surface area contributed by atoms with E-state index in [1.165, 1.54) is 19.4 Å². The zero-order chi connectivity index (χ0) is 18.7. The molecular formula is C19H41N5O. The number of hydrogen-bond acceptors (Lipinski definition) is 4. The summed E-state index contributed by atoms with van der Waals surface area (Å²) in [5.74, 6) is 0.938. The van der Waals surface area contributed by atoms with Crippen LogP contribution >= 0.6 is 0 Å². The Labute approximate surface area is 155 Å². The average Bonchev–Trinajstić information content (AvgIpc) is 3.01. The van der Waals surface area contributed by atoms with Gasteiger partial charge in [0.25, 0.3) is 0 Å². The van der Waals surface area contributed by atoms with Crippen molar-refractivity contribution in [1.82, 2.24) is 20.4 Å². The van der Waals surface area contributed by atoms with E-state index >= 15 is 0 Å². The van der Waals surface area contributed by atoms with Crippen LogP contribution in [-0.4, -0.2) is 86.9 Å². The van der Waals surface area contributed by atoms with E-state index in [4.69, 9.17) is 9.73 Å². The first-order valence-corrected chi connectivity index (χ1v) is 10.0.